The summed E-state index contributed by atoms with van der Waals surface area (Å²) < 4.78 is 0. The van der Waals surface area contributed by atoms with Gasteiger partial charge in [-0.2, -0.15) is 5.26 Å². The number of aliphatic hydroxyl groups excluding tert-OH is 2. The number of halogens is 1. The molecule has 0 aliphatic carbocycles. The van der Waals surface area contributed by atoms with Crippen molar-refractivity contribution < 1.29 is 15.0 Å². The van der Waals surface area contributed by atoms with E-state index in [1.807, 2.05) is 24.3 Å². The quantitative estimate of drug-likeness (QED) is 0.444. The number of nitrogens with zero attached hydrogens (tertiary/aromatic N) is 3. The molecule has 1 fully saturated rings. The van der Waals surface area contributed by atoms with Gasteiger partial charge in [0.25, 0.3) is 0 Å². The third-order valence-corrected chi connectivity index (χ3v) is 6.19. The summed E-state index contributed by atoms with van der Waals surface area (Å²) in [6, 6.07) is 9.88. The van der Waals surface area contributed by atoms with E-state index < -0.39 is 17.4 Å². The lowest BCUT2D eigenvalue weighted by Crippen LogP contribution is -2.48. The van der Waals surface area contributed by atoms with Gasteiger partial charge in [-0.1, -0.05) is 13.8 Å². The van der Waals surface area contributed by atoms with Crippen LogP contribution >= 0.6 is 11.6 Å². The van der Waals surface area contributed by atoms with Crippen LogP contribution in [0, 0.1) is 22.7 Å². The minimum absolute atomic E-state index is 0.263. The SMILES string of the molecule is CC(C)(CO)C(O)C(=O)NCCN(CCCl)CC1CCN(c2ccc(C#N)cc2)CC1. The Bertz CT molecular complexity index is 727. The number of piperidine rings is 1. The molecule has 7 nitrogen and oxygen atoms in total. The fourth-order valence-corrected chi connectivity index (χ4v) is 4.01. The van der Waals surface area contributed by atoms with E-state index in [9.17, 15) is 15.0 Å². The van der Waals surface area contributed by atoms with Crippen molar-refractivity contribution in [3.05, 3.63) is 29.8 Å². The number of anilines is 1. The fraction of sp³-hybridized carbons (Fsp3) is 0.652. The van der Waals surface area contributed by atoms with Gasteiger partial charge < -0.3 is 25.3 Å². The molecule has 0 radical (unpaired) electrons. The fourth-order valence-electron chi connectivity index (χ4n) is 3.77. The van der Waals surface area contributed by atoms with Crippen molar-refractivity contribution in [2.75, 3.05) is 56.7 Å². The Morgan fingerprint density at radius 1 is 1.32 bits per heavy atom. The van der Waals surface area contributed by atoms with Crippen LogP contribution in [0.2, 0.25) is 0 Å². The number of nitriles is 1. The number of hydrogen-bond donors (Lipinski definition) is 3. The number of rotatable bonds is 11. The van der Waals surface area contributed by atoms with E-state index in [0.29, 0.717) is 30.5 Å². The normalized spacial score (nSPS) is 16.2. The molecule has 1 atom stereocenters. The Morgan fingerprint density at radius 3 is 2.52 bits per heavy atom. The zero-order valence-corrected chi connectivity index (χ0v) is 19.3. The molecule has 1 unspecified atom stereocenters. The first-order valence-corrected chi connectivity index (χ1v) is 11.4. The summed E-state index contributed by atoms with van der Waals surface area (Å²) in [7, 11) is 0. The van der Waals surface area contributed by atoms with E-state index in [2.05, 4.69) is 21.2 Å². The standard InChI is InChI=1S/C23H35ClN4O3/c1-23(2,17-29)21(30)22(31)26-10-14-27(13-9-24)16-19-7-11-28(12-8-19)20-5-3-18(15-25)4-6-20/h3-6,19,21,29-30H,7-14,16-17H2,1-2H3,(H,26,31). The molecule has 0 spiro atoms. The van der Waals surface area contributed by atoms with Crippen LogP contribution in [0.3, 0.4) is 0 Å². The third-order valence-electron chi connectivity index (χ3n) is 6.02. The van der Waals surface area contributed by atoms with Crippen molar-refractivity contribution in [3.63, 3.8) is 0 Å². The minimum Gasteiger partial charge on any atom is -0.396 e. The van der Waals surface area contributed by atoms with Crippen LogP contribution in [0.15, 0.2) is 24.3 Å². The molecule has 2 rings (SSSR count). The van der Waals surface area contributed by atoms with Crippen molar-refractivity contribution in [1.29, 1.82) is 5.26 Å². The largest absolute Gasteiger partial charge is 0.396 e. The van der Waals surface area contributed by atoms with Crippen LogP contribution in [-0.2, 0) is 4.79 Å². The van der Waals surface area contributed by atoms with Gasteiger partial charge in [-0.3, -0.25) is 4.79 Å². The lowest BCUT2D eigenvalue weighted by Gasteiger charge is -2.36. The molecule has 3 N–H and O–H groups in total. The van der Waals surface area contributed by atoms with Crippen molar-refractivity contribution in [3.8, 4) is 6.07 Å². The first-order chi connectivity index (χ1) is 14.8. The second-order valence-corrected chi connectivity index (χ2v) is 9.30. The van der Waals surface area contributed by atoms with E-state index in [0.717, 1.165) is 44.7 Å². The van der Waals surface area contributed by atoms with Crippen molar-refractivity contribution in [1.82, 2.24) is 10.2 Å². The number of carbonyl (C=O) groups excluding carboxylic acids is 1. The number of alkyl halides is 1. The van der Waals surface area contributed by atoms with Gasteiger partial charge in [-0.25, -0.2) is 0 Å². The Balaban J connectivity index is 1.77. The minimum atomic E-state index is -1.24. The first kappa shape index (κ1) is 25.4. The van der Waals surface area contributed by atoms with Gasteiger partial charge in [0.05, 0.1) is 18.2 Å². The summed E-state index contributed by atoms with van der Waals surface area (Å²) in [6.45, 7) is 7.77. The molecule has 1 aromatic carbocycles. The van der Waals surface area contributed by atoms with Gasteiger partial charge in [-0.15, -0.1) is 11.6 Å². The van der Waals surface area contributed by atoms with E-state index in [-0.39, 0.29) is 6.61 Å². The van der Waals surface area contributed by atoms with Gasteiger partial charge in [0.15, 0.2) is 0 Å². The van der Waals surface area contributed by atoms with E-state index in [1.54, 1.807) is 13.8 Å². The number of carbonyl (C=O) groups is 1. The summed E-state index contributed by atoms with van der Waals surface area (Å²) in [5.74, 6) is 0.631. The molecule has 31 heavy (non-hydrogen) atoms. The zero-order chi connectivity index (χ0) is 22.9. The second-order valence-electron chi connectivity index (χ2n) is 8.92. The predicted molar refractivity (Wildman–Crippen MR) is 123 cm³/mol. The molecular formula is C23H35ClN4O3. The number of amides is 1. The van der Waals surface area contributed by atoms with Crippen LogP contribution in [0.1, 0.15) is 32.3 Å². The number of hydrogen-bond acceptors (Lipinski definition) is 6. The van der Waals surface area contributed by atoms with Crippen molar-refractivity contribution in [2.24, 2.45) is 11.3 Å². The average Bonchev–Trinajstić information content (AvgIpc) is 2.79. The Kier molecular flexibility index (Phi) is 10.0. The summed E-state index contributed by atoms with van der Waals surface area (Å²) >= 11 is 5.98. The van der Waals surface area contributed by atoms with Crippen LogP contribution in [0.25, 0.3) is 0 Å². The van der Waals surface area contributed by atoms with Crippen LogP contribution in [0.4, 0.5) is 5.69 Å². The Labute approximate surface area is 190 Å². The Hall–Kier alpha value is -1.85. The van der Waals surface area contributed by atoms with Crippen LogP contribution < -0.4 is 10.2 Å². The molecule has 172 valence electrons. The van der Waals surface area contributed by atoms with Gasteiger partial charge in [-0.05, 0) is 43.0 Å². The number of nitrogens with one attached hydrogen (secondary N) is 1. The average molecular weight is 451 g/mol. The number of aliphatic hydroxyl groups is 2. The molecule has 1 amide bonds. The van der Waals surface area contributed by atoms with Gasteiger partial charge in [0.1, 0.15) is 6.10 Å². The molecule has 1 aliphatic rings. The van der Waals surface area contributed by atoms with E-state index >= 15 is 0 Å². The monoisotopic (exact) mass is 450 g/mol. The van der Waals surface area contributed by atoms with E-state index in [4.69, 9.17) is 16.9 Å². The van der Waals surface area contributed by atoms with Gasteiger partial charge in [0, 0.05) is 56.3 Å². The lowest BCUT2D eigenvalue weighted by molar-refractivity contribution is -0.137. The first-order valence-electron chi connectivity index (χ1n) is 10.9. The second kappa shape index (κ2) is 12.3. The van der Waals surface area contributed by atoms with E-state index in [1.165, 1.54) is 0 Å². The molecule has 0 saturated carbocycles. The maximum absolute atomic E-state index is 12.1. The molecule has 1 aliphatic heterocycles. The van der Waals surface area contributed by atoms with Crippen LogP contribution in [0.5, 0.6) is 0 Å². The predicted octanol–water partition coefficient (Wildman–Crippen LogP) is 1.81. The summed E-state index contributed by atoms with van der Waals surface area (Å²) in [4.78, 5) is 16.8. The maximum atomic E-state index is 12.1. The van der Waals surface area contributed by atoms with Crippen molar-refractivity contribution in [2.45, 2.75) is 32.8 Å². The maximum Gasteiger partial charge on any atom is 0.249 e. The number of benzene rings is 1. The summed E-state index contributed by atoms with van der Waals surface area (Å²) in [6.07, 6.45) is 0.911. The Morgan fingerprint density at radius 2 is 1.97 bits per heavy atom. The molecule has 8 heteroatoms. The lowest BCUT2D eigenvalue weighted by atomic mass is 9.87. The topological polar surface area (TPSA) is 99.8 Å². The molecule has 1 aromatic rings. The van der Waals surface area contributed by atoms with Gasteiger partial charge >= 0.3 is 0 Å². The molecule has 0 bridgehead atoms. The highest BCUT2D eigenvalue weighted by Crippen LogP contribution is 2.24. The van der Waals surface area contributed by atoms with Crippen molar-refractivity contribution >= 4 is 23.2 Å². The molecule has 0 aromatic heterocycles. The zero-order valence-electron chi connectivity index (χ0n) is 18.6. The third kappa shape index (κ3) is 7.65. The smallest absolute Gasteiger partial charge is 0.249 e. The summed E-state index contributed by atoms with van der Waals surface area (Å²) in [5, 5.41) is 31.1. The summed E-state index contributed by atoms with van der Waals surface area (Å²) in [5.41, 5.74) is 0.958. The highest BCUT2D eigenvalue weighted by atomic mass is 35.5. The van der Waals surface area contributed by atoms with Crippen LogP contribution in [-0.4, -0.2) is 78.9 Å². The molecule has 1 saturated heterocycles. The molecule has 1 heterocycles. The highest BCUT2D eigenvalue weighted by molar-refractivity contribution is 6.18. The molecular weight excluding hydrogens is 416 g/mol. The highest BCUT2D eigenvalue weighted by Gasteiger charge is 2.32. The van der Waals surface area contributed by atoms with Gasteiger partial charge in [0.2, 0.25) is 5.91 Å².